The minimum absolute atomic E-state index is 0.0296. The fraction of sp³-hybridized carbons (Fsp3) is 0.375. The molecule has 0 saturated carbocycles. The average Bonchev–Trinajstić information content (AvgIpc) is 3.10. The van der Waals surface area contributed by atoms with E-state index in [9.17, 15) is 4.79 Å². The number of halogens is 1. The van der Waals surface area contributed by atoms with Gasteiger partial charge in [0.1, 0.15) is 0 Å². The molecule has 150 valence electrons. The van der Waals surface area contributed by atoms with Crippen molar-refractivity contribution in [2.75, 3.05) is 0 Å². The zero-order chi connectivity index (χ0) is 20.2. The Labute approximate surface area is 176 Å². The highest BCUT2D eigenvalue weighted by Gasteiger charge is 2.51. The van der Waals surface area contributed by atoms with E-state index in [2.05, 4.69) is 60.3 Å². The monoisotopic (exact) mass is 407 g/mol. The third kappa shape index (κ3) is 3.20. The number of nitrogens with one attached hydrogen (secondary N) is 3. The van der Waals surface area contributed by atoms with Crippen LogP contribution in [0.3, 0.4) is 0 Å². The summed E-state index contributed by atoms with van der Waals surface area (Å²) < 4.78 is 0. The van der Waals surface area contributed by atoms with Gasteiger partial charge in [-0.2, -0.15) is 0 Å². The molecule has 2 aromatic rings. The summed E-state index contributed by atoms with van der Waals surface area (Å²) in [5, 5.41) is 4.39. The van der Waals surface area contributed by atoms with E-state index in [-0.39, 0.29) is 35.2 Å². The first-order chi connectivity index (χ1) is 13.9. The van der Waals surface area contributed by atoms with E-state index in [1.807, 2.05) is 24.3 Å². The molecule has 29 heavy (non-hydrogen) atoms. The molecule has 0 aromatic heterocycles. The number of fused-ring (bicyclic) bond motifs is 1. The first-order valence-electron chi connectivity index (χ1n) is 10.3. The molecule has 3 aliphatic rings. The summed E-state index contributed by atoms with van der Waals surface area (Å²) in [6.07, 6.45) is 1.47. The Kier molecular flexibility index (Phi) is 4.54. The van der Waals surface area contributed by atoms with Gasteiger partial charge in [-0.15, -0.1) is 0 Å². The minimum Gasteiger partial charge on any atom is -0.371 e. The van der Waals surface area contributed by atoms with Gasteiger partial charge in [-0.3, -0.25) is 4.79 Å². The lowest BCUT2D eigenvalue weighted by Crippen LogP contribution is -2.51. The molecule has 1 saturated heterocycles. The standard InChI is InChI=1S/C24H26ClN3O/c1-24(2)12-17-20(18(29)13-24)19(15-10-6-7-11-16(15)25)21-22(27-28-23(21)26-17)14-8-4-3-5-9-14/h3-11,19,21-23,26-28H,12-13H2,1-2H3. The molecule has 2 aromatic carbocycles. The molecule has 0 bridgehead atoms. The molecule has 0 spiro atoms. The molecule has 0 radical (unpaired) electrons. The minimum atomic E-state index is -0.0544. The van der Waals surface area contributed by atoms with E-state index in [0.717, 1.165) is 28.3 Å². The van der Waals surface area contributed by atoms with Crippen molar-refractivity contribution in [1.29, 1.82) is 0 Å². The molecule has 1 fully saturated rings. The summed E-state index contributed by atoms with van der Waals surface area (Å²) in [6, 6.07) is 18.5. The molecule has 5 rings (SSSR count). The lowest BCUT2D eigenvalue weighted by atomic mass is 9.65. The highest BCUT2D eigenvalue weighted by molar-refractivity contribution is 6.31. The van der Waals surface area contributed by atoms with Gasteiger partial charge in [-0.25, -0.2) is 10.9 Å². The van der Waals surface area contributed by atoms with Crippen LogP contribution in [0.25, 0.3) is 0 Å². The smallest absolute Gasteiger partial charge is 0.161 e. The number of rotatable bonds is 2. The first kappa shape index (κ1) is 18.9. The fourth-order valence-corrected chi connectivity index (χ4v) is 5.60. The van der Waals surface area contributed by atoms with Crippen LogP contribution in [0.4, 0.5) is 0 Å². The largest absolute Gasteiger partial charge is 0.371 e. The molecular weight excluding hydrogens is 382 g/mol. The van der Waals surface area contributed by atoms with Crippen LogP contribution in [-0.4, -0.2) is 11.9 Å². The van der Waals surface area contributed by atoms with Crippen molar-refractivity contribution >= 4 is 17.4 Å². The molecule has 2 heterocycles. The van der Waals surface area contributed by atoms with Crippen LogP contribution in [0.5, 0.6) is 0 Å². The summed E-state index contributed by atoms with van der Waals surface area (Å²) in [7, 11) is 0. The fourth-order valence-electron chi connectivity index (χ4n) is 5.34. The summed E-state index contributed by atoms with van der Waals surface area (Å²) in [6.45, 7) is 4.33. The number of hydrazine groups is 1. The van der Waals surface area contributed by atoms with Gasteiger partial charge in [0.2, 0.25) is 0 Å². The predicted octanol–water partition coefficient (Wildman–Crippen LogP) is 4.46. The summed E-state index contributed by atoms with van der Waals surface area (Å²) in [5.74, 6) is 0.313. The van der Waals surface area contributed by atoms with E-state index in [1.54, 1.807) is 0 Å². The summed E-state index contributed by atoms with van der Waals surface area (Å²) >= 11 is 6.68. The third-order valence-corrected chi connectivity index (χ3v) is 6.85. The maximum absolute atomic E-state index is 13.4. The normalized spacial score (nSPS) is 30.5. The van der Waals surface area contributed by atoms with Gasteiger partial charge in [-0.05, 0) is 29.0 Å². The molecule has 5 heteroatoms. The number of hydrogen-bond donors (Lipinski definition) is 3. The van der Waals surface area contributed by atoms with E-state index < -0.39 is 0 Å². The number of benzene rings is 2. The second kappa shape index (κ2) is 6.98. The van der Waals surface area contributed by atoms with Gasteiger partial charge in [0.25, 0.3) is 0 Å². The van der Waals surface area contributed by atoms with Crippen LogP contribution in [0.2, 0.25) is 5.02 Å². The second-order valence-corrected chi connectivity index (χ2v) is 9.62. The van der Waals surface area contributed by atoms with Gasteiger partial charge in [0.15, 0.2) is 5.78 Å². The number of Topliss-reactive ketones (excluding diaryl/α,β-unsaturated/α-hetero) is 1. The molecule has 4 atom stereocenters. The lowest BCUT2D eigenvalue weighted by Gasteiger charge is -2.44. The highest BCUT2D eigenvalue weighted by Crippen LogP contribution is 2.52. The first-order valence-corrected chi connectivity index (χ1v) is 10.7. The van der Waals surface area contributed by atoms with Crippen molar-refractivity contribution in [3.05, 3.63) is 82.0 Å². The van der Waals surface area contributed by atoms with Crippen molar-refractivity contribution in [1.82, 2.24) is 16.2 Å². The summed E-state index contributed by atoms with van der Waals surface area (Å²) in [4.78, 5) is 13.4. The maximum atomic E-state index is 13.4. The Morgan fingerprint density at radius 3 is 2.45 bits per heavy atom. The number of carbonyl (C=O) groups is 1. The molecule has 3 N–H and O–H groups in total. The zero-order valence-electron chi connectivity index (χ0n) is 16.7. The van der Waals surface area contributed by atoms with Crippen LogP contribution in [0.15, 0.2) is 65.9 Å². The van der Waals surface area contributed by atoms with Gasteiger partial charge >= 0.3 is 0 Å². The molecule has 4 nitrogen and oxygen atoms in total. The van der Waals surface area contributed by atoms with Gasteiger partial charge < -0.3 is 5.32 Å². The Hall–Kier alpha value is -2.14. The number of ketones is 1. The van der Waals surface area contributed by atoms with E-state index in [1.165, 1.54) is 5.56 Å². The Morgan fingerprint density at radius 1 is 0.966 bits per heavy atom. The Bertz CT molecular complexity index is 985. The number of hydrogen-bond acceptors (Lipinski definition) is 4. The average molecular weight is 408 g/mol. The van der Waals surface area contributed by atoms with Crippen molar-refractivity contribution < 1.29 is 4.79 Å². The van der Waals surface area contributed by atoms with Gasteiger partial charge in [0.05, 0.1) is 12.2 Å². The lowest BCUT2D eigenvalue weighted by molar-refractivity contribution is -0.118. The van der Waals surface area contributed by atoms with Crippen molar-refractivity contribution in [2.24, 2.45) is 11.3 Å². The van der Waals surface area contributed by atoms with Crippen LogP contribution < -0.4 is 16.2 Å². The summed E-state index contributed by atoms with van der Waals surface area (Å²) in [5.41, 5.74) is 11.1. The van der Waals surface area contributed by atoms with Crippen molar-refractivity contribution in [3.8, 4) is 0 Å². The molecule has 1 aliphatic carbocycles. The van der Waals surface area contributed by atoms with Crippen LogP contribution in [-0.2, 0) is 4.79 Å². The second-order valence-electron chi connectivity index (χ2n) is 9.21. The number of carbonyl (C=O) groups excluding carboxylic acids is 1. The Morgan fingerprint density at radius 2 is 1.69 bits per heavy atom. The maximum Gasteiger partial charge on any atom is 0.161 e. The van der Waals surface area contributed by atoms with Crippen molar-refractivity contribution in [2.45, 2.75) is 44.8 Å². The van der Waals surface area contributed by atoms with E-state index in [0.29, 0.717) is 6.42 Å². The number of allylic oxidation sites excluding steroid dienone is 2. The van der Waals surface area contributed by atoms with Crippen LogP contribution in [0, 0.1) is 11.3 Å². The molecule has 0 amide bonds. The quantitative estimate of drug-likeness (QED) is 0.687. The molecule has 2 aliphatic heterocycles. The van der Waals surface area contributed by atoms with Gasteiger partial charge in [0, 0.05) is 34.5 Å². The highest BCUT2D eigenvalue weighted by atomic mass is 35.5. The van der Waals surface area contributed by atoms with Crippen molar-refractivity contribution in [3.63, 3.8) is 0 Å². The Balaban J connectivity index is 1.68. The van der Waals surface area contributed by atoms with E-state index >= 15 is 0 Å². The van der Waals surface area contributed by atoms with Gasteiger partial charge in [-0.1, -0.05) is 74.0 Å². The van der Waals surface area contributed by atoms with Crippen LogP contribution >= 0.6 is 11.6 Å². The van der Waals surface area contributed by atoms with Crippen LogP contribution in [0.1, 0.15) is 49.8 Å². The third-order valence-electron chi connectivity index (χ3n) is 6.51. The predicted molar refractivity (Wildman–Crippen MR) is 115 cm³/mol. The molecular formula is C24H26ClN3O. The molecule has 4 unspecified atom stereocenters. The van der Waals surface area contributed by atoms with E-state index in [4.69, 9.17) is 11.6 Å². The zero-order valence-corrected chi connectivity index (χ0v) is 17.5. The SMILES string of the molecule is CC1(C)CC(=O)C2=C(C1)NC1NNC(c3ccccc3)C1C2c1ccccc1Cl. The topological polar surface area (TPSA) is 53.2 Å².